The maximum atomic E-state index is 12.1. The first-order chi connectivity index (χ1) is 11.1. The van der Waals surface area contributed by atoms with Gasteiger partial charge in [0.25, 0.3) is 5.91 Å². The Morgan fingerprint density at radius 1 is 1.09 bits per heavy atom. The quantitative estimate of drug-likeness (QED) is 0.559. The largest absolute Gasteiger partial charge is 0.496 e. The molecule has 1 rings (SSSR count). The van der Waals surface area contributed by atoms with E-state index in [-0.39, 0.29) is 24.3 Å². The molecule has 0 aromatic heterocycles. The van der Waals surface area contributed by atoms with Gasteiger partial charge in [-0.25, -0.2) is 4.79 Å². The Kier molecular flexibility index (Phi) is 7.20. The van der Waals surface area contributed by atoms with E-state index >= 15 is 0 Å². The molecule has 1 aromatic carbocycles. The Morgan fingerprint density at radius 2 is 1.70 bits per heavy atom. The molecule has 0 atom stereocenters. The summed E-state index contributed by atoms with van der Waals surface area (Å²) in [6, 6.07) is 4.79. The van der Waals surface area contributed by atoms with Gasteiger partial charge in [-0.15, -0.1) is 0 Å². The van der Waals surface area contributed by atoms with Crippen molar-refractivity contribution in [2.24, 2.45) is 0 Å². The van der Waals surface area contributed by atoms with Crippen LogP contribution < -0.4 is 19.5 Å². The fourth-order valence-electron chi connectivity index (χ4n) is 1.71. The van der Waals surface area contributed by atoms with Crippen molar-refractivity contribution < 1.29 is 28.5 Å². The summed E-state index contributed by atoms with van der Waals surface area (Å²) in [5.41, 5.74) is 0.106. The number of nitrogens with zero attached hydrogens (tertiary/aromatic N) is 1. The normalized spacial score (nSPS) is 9.48. The molecule has 1 aromatic rings. The fraction of sp³-hybridized carbons (Fsp3) is 0.400. The highest BCUT2D eigenvalue weighted by molar-refractivity contribution is 5.95. The number of benzene rings is 1. The van der Waals surface area contributed by atoms with Crippen molar-refractivity contribution in [3.05, 3.63) is 17.7 Å². The van der Waals surface area contributed by atoms with Crippen LogP contribution in [0.4, 0.5) is 0 Å². The molecule has 23 heavy (non-hydrogen) atoms. The van der Waals surface area contributed by atoms with E-state index in [4.69, 9.17) is 24.2 Å². The number of nitrogens with one attached hydrogen (secondary N) is 1. The van der Waals surface area contributed by atoms with Gasteiger partial charge in [0.15, 0.2) is 18.1 Å². The molecule has 0 fully saturated rings. The highest BCUT2D eigenvalue weighted by Crippen LogP contribution is 2.34. The van der Waals surface area contributed by atoms with Gasteiger partial charge in [-0.05, 0) is 0 Å². The average Bonchev–Trinajstić information content (AvgIpc) is 2.58. The van der Waals surface area contributed by atoms with E-state index in [2.05, 4.69) is 5.32 Å². The molecule has 0 aliphatic heterocycles. The first-order valence-electron chi connectivity index (χ1n) is 6.68. The van der Waals surface area contributed by atoms with Crippen LogP contribution in [0.15, 0.2) is 12.1 Å². The molecule has 0 aliphatic carbocycles. The van der Waals surface area contributed by atoms with Gasteiger partial charge in [0.05, 0.1) is 33.8 Å². The van der Waals surface area contributed by atoms with Crippen LogP contribution in [0.25, 0.3) is 0 Å². The Hall–Kier alpha value is -2.95. The van der Waals surface area contributed by atoms with Crippen LogP contribution in [0.5, 0.6) is 17.2 Å². The lowest BCUT2D eigenvalue weighted by molar-refractivity contribution is -0.124. The lowest BCUT2D eigenvalue weighted by atomic mass is 10.1. The van der Waals surface area contributed by atoms with Gasteiger partial charge in [0.2, 0.25) is 0 Å². The lowest BCUT2D eigenvalue weighted by Crippen LogP contribution is -2.29. The highest BCUT2D eigenvalue weighted by atomic mass is 16.5. The van der Waals surface area contributed by atoms with Gasteiger partial charge in [-0.1, -0.05) is 0 Å². The second kappa shape index (κ2) is 9.15. The molecule has 1 N–H and O–H groups in total. The third-order valence-electron chi connectivity index (χ3n) is 2.82. The average molecular weight is 322 g/mol. The second-order valence-corrected chi connectivity index (χ2v) is 4.24. The van der Waals surface area contributed by atoms with Gasteiger partial charge in [0.1, 0.15) is 11.3 Å². The number of carbonyl (C=O) groups excluding carboxylic acids is 2. The smallest absolute Gasteiger partial charge is 0.342 e. The maximum Gasteiger partial charge on any atom is 0.342 e. The first-order valence-corrected chi connectivity index (χ1v) is 6.68. The number of esters is 1. The summed E-state index contributed by atoms with van der Waals surface area (Å²) in [6.45, 7) is -0.256. The molecule has 0 unspecified atom stereocenters. The minimum Gasteiger partial charge on any atom is -0.496 e. The van der Waals surface area contributed by atoms with E-state index in [1.165, 1.54) is 33.5 Å². The molecule has 0 aliphatic rings. The van der Waals surface area contributed by atoms with E-state index in [1.807, 2.05) is 6.07 Å². The standard InChI is InChI=1S/C15H18N2O6/c1-20-11-8-13(22-3)12(21-2)7-10(11)15(19)23-9-14(18)17-6-4-5-16/h7-8H,4,6,9H2,1-3H3,(H,17,18). The monoisotopic (exact) mass is 322 g/mol. The van der Waals surface area contributed by atoms with Gasteiger partial charge in [-0.2, -0.15) is 5.26 Å². The number of carbonyl (C=O) groups is 2. The highest BCUT2D eigenvalue weighted by Gasteiger charge is 2.19. The summed E-state index contributed by atoms with van der Waals surface area (Å²) in [5, 5.41) is 10.8. The number of hydrogen-bond acceptors (Lipinski definition) is 7. The van der Waals surface area contributed by atoms with E-state index in [9.17, 15) is 9.59 Å². The molecule has 8 heteroatoms. The van der Waals surface area contributed by atoms with Crippen molar-refractivity contribution in [3.8, 4) is 23.3 Å². The molecular formula is C15H18N2O6. The maximum absolute atomic E-state index is 12.1. The van der Waals surface area contributed by atoms with E-state index in [1.54, 1.807) is 0 Å². The summed E-state index contributed by atoms with van der Waals surface area (Å²) >= 11 is 0. The number of amides is 1. The molecule has 0 saturated heterocycles. The summed E-state index contributed by atoms with van der Waals surface area (Å²) in [7, 11) is 4.29. The Labute approximate surface area is 133 Å². The molecule has 124 valence electrons. The number of rotatable bonds is 8. The van der Waals surface area contributed by atoms with Crippen LogP contribution in [-0.2, 0) is 9.53 Å². The summed E-state index contributed by atoms with van der Waals surface area (Å²) in [6.07, 6.45) is 0.184. The van der Waals surface area contributed by atoms with Gasteiger partial charge < -0.3 is 24.3 Å². The third kappa shape index (κ3) is 5.07. The Bertz CT molecular complexity index is 609. The third-order valence-corrected chi connectivity index (χ3v) is 2.82. The molecule has 1 amide bonds. The molecule has 0 bridgehead atoms. The minimum absolute atomic E-state index is 0.106. The number of ether oxygens (including phenoxy) is 4. The molecule has 0 heterocycles. The van der Waals surface area contributed by atoms with Crippen LogP contribution in [0.3, 0.4) is 0 Å². The minimum atomic E-state index is -0.738. The van der Waals surface area contributed by atoms with Crippen LogP contribution in [0.2, 0.25) is 0 Å². The predicted molar refractivity (Wildman–Crippen MR) is 79.6 cm³/mol. The van der Waals surface area contributed by atoms with E-state index < -0.39 is 18.5 Å². The molecule has 0 spiro atoms. The number of hydrogen-bond donors (Lipinski definition) is 1. The predicted octanol–water partition coefficient (Wildman–Crippen LogP) is 0.899. The zero-order chi connectivity index (χ0) is 17.2. The van der Waals surface area contributed by atoms with Crippen LogP contribution in [0.1, 0.15) is 16.8 Å². The second-order valence-electron chi connectivity index (χ2n) is 4.24. The van der Waals surface area contributed by atoms with Gasteiger partial charge >= 0.3 is 5.97 Å². The van der Waals surface area contributed by atoms with E-state index in [0.717, 1.165) is 0 Å². The van der Waals surface area contributed by atoms with E-state index in [0.29, 0.717) is 11.5 Å². The van der Waals surface area contributed by atoms with Gasteiger partial charge in [0, 0.05) is 18.7 Å². The van der Waals surface area contributed by atoms with Crippen molar-refractivity contribution in [1.82, 2.24) is 5.32 Å². The molecule has 8 nitrogen and oxygen atoms in total. The zero-order valence-corrected chi connectivity index (χ0v) is 13.2. The van der Waals surface area contributed by atoms with Crippen molar-refractivity contribution in [2.75, 3.05) is 34.5 Å². The first kappa shape index (κ1) is 18.1. The zero-order valence-electron chi connectivity index (χ0n) is 13.2. The SMILES string of the molecule is COc1cc(OC)c(C(=O)OCC(=O)NCCC#N)cc1OC. The van der Waals surface area contributed by atoms with Crippen LogP contribution in [0, 0.1) is 11.3 Å². The van der Waals surface area contributed by atoms with Crippen molar-refractivity contribution >= 4 is 11.9 Å². The Morgan fingerprint density at radius 3 is 2.26 bits per heavy atom. The fourth-order valence-corrected chi connectivity index (χ4v) is 1.71. The topological polar surface area (TPSA) is 107 Å². The Balaban J connectivity index is 2.79. The number of nitriles is 1. The van der Waals surface area contributed by atoms with Gasteiger partial charge in [-0.3, -0.25) is 4.79 Å². The number of methoxy groups -OCH3 is 3. The lowest BCUT2D eigenvalue weighted by Gasteiger charge is -2.13. The summed E-state index contributed by atoms with van der Waals surface area (Å²) in [5.74, 6) is -0.266. The van der Waals surface area contributed by atoms with Crippen LogP contribution in [-0.4, -0.2) is 46.4 Å². The molecule has 0 radical (unpaired) electrons. The molecular weight excluding hydrogens is 304 g/mol. The van der Waals surface area contributed by atoms with Crippen molar-refractivity contribution in [3.63, 3.8) is 0 Å². The summed E-state index contributed by atoms with van der Waals surface area (Å²) in [4.78, 5) is 23.6. The van der Waals surface area contributed by atoms with Crippen molar-refractivity contribution in [1.29, 1.82) is 5.26 Å². The van der Waals surface area contributed by atoms with Crippen molar-refractivity contribution in [2.45, 2.75) is 6.42 Å². The molecule has 0 saturated carbocycles. The van der Waals surface area contributed by atoms with Crippen LogP contribution >= 0.6 is 0 Å². The summed E-state index contributed by atoms with van der Waals surface area (Å²) < 4.78 is 20.3.